The maximum Gasteiger partial charge on any atom is 0.0642 e. The molecule has 0 bridgehead atoms. The largest absolute Gasteiger partial charge is 0.355 e. The van der Waals surface area contributed by atoms with E-state index in [9.17, 15) is 0 Å². The van der Waals surface area contributed by atoms with Gasteiger partial charge in [-0.05, 0) is 101 Å². The average Bonchev–Trinajstić information content (AvgIpc) is 3.86. The summed E-state index contributed by atoms with van der Waals surface area (Å²) in [6, 6.07) is 53.5. The van der Waals surface area contributed by atoms with Gasteiger partial charge in [0, 0.05) is 16.5 Å². The maximum absolute atomic E-state index is 4.42. The van der Waals surface area contributed by atoms with Crippen LogP contribution in [-0.4, -0.2) is 0 Å². The van der Waals surface area contributed by atoms with Gasteiger partial charge < -0.3 is 5.32 Å². The fraction of sp³-hybridized carbons (Fsp3) is 0.0833. The molecule has 7 aromatic carbocycles. The summed E-state index contributed by atoms with van der Waals surface area (Å²) in [7, 11) is 0. The van der Waals surface area contributed by atoms with Crippen molar-refractivity contribution in [1.82, 2.24) is 0 Å². The number of benzene rings is 7. The van der Waals surface area contributed by atoms with Gasteiger partial charge in [-0.3, -0.25) is 0 Å². The minimum Gasteiger partial charge on any atom is -0.355 e. The molecule has 0 heterocycles. The van der Waals surface area contributed by atoms with Crippen LogP contribution < -0.4 is 5.32 Å². The first-order chi connectivity index (χ1) is 24.3. The Morgan fingerprint density at radius 1 is 0.640 bits per heavy atom. The summed E-state index contributed by atoms with van der Waals surface area (Å²) < 4.78 is 0. The Kier molecular flexibility index (Phi) is 7.02. The summed E-state index contributed by atoms with van der Waals surface area (Å²) >= 11 is 4.42. The Morgan fingerprint density at radius 2 is 1.34 bits per heavy atom. The number of nitrogens with one attached hydrogen (secondary N) is 1. The molecule has 0 radical (unpaired) electrons. The first-order valence-electron chi connectivity index (χ1n) is 17.3. The lowest BCUT2D eigenvalue weighted by Gasteiger charge is -2.26. The third kappa shape index (κ3) is 4.86. The van der Waals surface area contributed by atoms with Crippen LogP contribution in [0.5, 0.6) is 0 Å². The van der Waals surface area contributed by atoms with Crippen LogP contribution in [0.2, 0.25) is 0 Å². The molecule has 0 fully saturated rings. The van der Waals surface area contributed by atoms with Gasteiger partial charge >= 0.3 is 0 Å². The van der Waals surface area contributed by atoms with Crippen LogP contribution >= 0.6 is 12.6 Å². The van der Waals surface area contributed by atoms with E-state index in [1.165, 1.54) is 60.7 Å². The number of fused-ring (bicyclic) bond motifs is 5. The molecule has 1 atom stereocenters. The van der Waals surface area contributed by atoms with Gasteiger partial charge in [0.25, 0.3) is 0 Å². The van der Waals surface area contributed by atoms with Crippen molar-refractivity contribution in [1.29, 1.82) is 0 Å². The highest BCUT2D eigenvalue weighted by Crippen LogP contribution is 2.59. The van der Waals surface area contributed by atoms with E-state index in [1.807, 2.05) is 12.1 Å². The van der Waals surface area contributed by atoms with Crippen molar-refractivity contribution < 1.29 is 0 Å². The molecule has 9 rings (SSSR count). The molecule has 0 saturated carbocycles. The molecule has 2 heteroatoms. The van der Waals surface area contributed by atoms with E-state index in [1.54, 1.807) is 0 Å². The molecule has 2 aliphatic carbocycles. The van der Waals surface area contributed by atoms with E-state index in [-0.39, 0.29) is 10.8 Å². The molecule has 0 aromatic heterocycles. The first-order valence-corrected chi connectivity index (χ1v) is 17.7. The van der Waals surface area contributed by atoms with Gasteiger partial charge in [-0.1, -0.05) is 154 Å². The number of thiol groups is 1. The quantitative estimate of drug-likeness (QED) is 0.128. The second kappa shape index (κ2) is 11.5. The molecule has 1 nitrogen and oxygen atoms in total. The van der Waals surface area contributed by atoms with E-state index < -0.39 is 0 Å². The number of allylic oxidation sites excluding steroid dienone is 3. The monoisotopic (exact) mass is 659 g/mol. The number of hydrogen-bond acceptors (Lipinski definition) is 2. The highest BCUT2D eigenvalue weighted by atomic mass is 32.1. The van der Waals surface area contributed by atoms with Crippen molar-refractivity contribution in [3.8, 4) is 11.1 Å². The summed E-state index contributed by atoms with van der Waals surface area (Å²) in [4.78, 5) is 0.717. The van der Waals surface area contributed by atoms with Crippen LogP contribution in [0, 0.1) is 0 Å². The predicted molar refractivity (Wildman–Crippen MR) is 218 cm³/mol. The third-order valence-electron chi connectivity index (χ3n) is 10.8. The molecule has 0 saturated heterocycles. The molecule has 50 heavy (non-hydrogen) atoms. The normalized spacial score (nSPS) is 17.1. The fourth-order valence-electron chi connectivity index (χ4n) is 8.16. The van der Waals surface area contributed by atoms with Crippen LogP contribution in [-0.2, 0) is 10.8 Å². The van der Waals surface area contributed by atoms with Gasteiger partial charge in [0.15, 0.2) is 0 Å². The zero-order valence-electron chi connectivity index (χ0n) is 28.2. The van der Waals surface area contributed by atoms with Crippen molar-refractivity contribution in [2.24, 2.45) is 0 Å². The van der Waals surface area contributed by atoms with E-state index in [0.717, 1.165) is 27.2 Å². The van der Waals surface area contributed by atoms with E-state index in [0.29, 0.717) is 0 Å². The highest BCUT2D eigenvalue weighted by Gasteiger charge is 2.49. The second-order valence-corrected chi connectivity index (χ2v) is 14.7. The molecule has 0 spiro atoms. The molecule has 2 aliphatic rings. The van der Waals surface area contributed by atoms with Crippen molar-refractivity contribution in [2.75, 3.05) is 5.32 Å². The Hall–Kier alpha value is -5.57. The van der Waals surface area contributed by atoms with Crippen molar-refractivity contribution in [2.45, 2.75) is 24.7 Å². The fourth-order valence-corrected chi connectivity index (χ4v) is 8.24. The standard InChI is InChI=1S/C48H37NS/c1-31(50)17-18-33-20-21-35-28-37(23-25-40(35)46(33)49-39-13-5-4-6-14-39)48(30-45(48)36-22-19-32-11-7-8-12-34(32)27-36)38-24-26-42-41-15-9-10-16-43(41)47(2,3)44(42)29-38/h4-30,49-50H,1H2,2-3H3/b18-17-. The van der Waals surface area contributed by atoms with Gasteiger partial charge in [-0.15, -0.1) is 12.6 Å². The Bertz CT molecular complexity index is 2570. The zero-order chi connectivity index (χ0) is 34.0. The van der Waals surface area contributed by atoms with Gasteiger partial charge in [-0.2, -0.15) is 0 Å². The SMILES string of the molecule is C=C(S)/C=C\c1ccc2cc(C3(c4ccc5c(c4)C(C)(C)c4ccccc4-5)C=C3c3ccc4ccccc4c3)ccc2c1Nc1ccccc1. The summed E-state index contributed by atoms with van der Waals surface area (Å²) in [5.41, 5.74) is 13.5. The van der Waals surface area contributed by atoms with E-state index in [4.69, 9.17) is 0 Å². The number of anilines is 2. The maximum atomic E-state index is 4.42. The van der Waals surface area contributed by atoms with E-state index in [2.05, 4.69) is 190 Å². The van der Waals surface area contributed by atoms with Crippen molar-refractivity contribution in [3.63, 3.8) is 0 Å². The smallest absolute Gasteiger partial charge is 0.0642 e. The van der Waals surface area contributed by atoms with Crippen LogP contribution in [0.1, 0.15) is 47.2 Å². The average molecular weight is 660 g/mol. The van der Waals surface area contributed by atoms with Gasteiger partial charge in [0.05, 0.1) is 11.1 Å². The molecule has 1 N–H and O–H groups in total. The summed E-state index contributed by atoms with van der Waals surface area (Å²) in [6.07, 6.45) is 6.51. The van der Waals surface area contributed by atoms with Gasteiger partial charge in [0.1, 0.15) is 0 Å². The summed E-state index contributed by atoms with van der Waals surface area (Å²) in [5, 5.41) is 8.60. The van der Waals surface area contributed by atoms with Crippen LogP contribution in [0.4, 0.5) is 11.4 Å². The summed E-state index contributed by atoms with van der Waals surface area (Å²) in [6.45, 7) is 8.70. The molecule has 7 aromatic rings. The van der Waals surface area contributed by atoms with Crippen molar-refractivity contribution >= 4 is 57.2 Å². The number of rotatable bonds is 7. The second-order valence-electron chi connectivity index (χ2n) is 14.1. The van der Waals surface area contributed by atoms with Crippen molar-refractivity contribution in [3.05, 3.63) is 203 Å². The lowest BCUT2D eigenvalue weighted by atomic mass is 9.77. The van der Waals surface area contributed by atoms with Crippen LogP contribution in [0.25, 0.3) is 44.3 Å². The Labute approximate surface area is 299 Å². The lowest BCUT2D eigenvalue weighted by molar-refractivity contribution is 0.658. The minimum absolute atomic E-state index is 0.0786. The highest BCUT2D eigenvalue weighted by molar-refractivity contribution is 7.84. The number of para-hydroxylation sites is 1. The van der Waals surface area contributed by atoms with Gasteiger partial charge in [0.2, 0.25) is 0 Å². The Morgan fingerprint density at radius 3 is 2.18 bits per heavy atom. The zero-order valence-corrected chi connectivity index (χ0v) is 29.1. The topological polar surface area (TPSA) is 12.0 Å². The molecule has 240 valence electrons. The van der Waals surface area contributed by atoms with E-state index >= 15 is 0 Å². The molecule has 1 unspecified atom stereocenters. The molecular formula is C48H37NS. The predicted octanol–water partition coefficient (Wildman–Crippen LogP) is 12.9. The first kappa shape index (κ1) is 30.5. The minimum atomic E-state index is -0.341. The van der Waals surface area contributed by atoms with Crippen LogP contribution in [0.3, 0.4) is 0 Å². The van der Waals surface area contributed by atoms with Gasteiger partial charge in [-0.25, -0.2) is 0 Å². The summed E-state index contributed by atoms with van der Waals surface area (Å²) in [5.74, 6) is 0. The molecule has 0 amide bonds. The number of hydrogen-bond donors (Lipinski definition) is 2. The molecular weight excluding hydrogens is 623 g/mol. The Balaban J connectivity index is 1.21. The molecule has 0 aliphatic heterocycles. The third-order valence-corrected chi connectivity index (χ3v) is 11.0. The lowest BCUT2D eigenvalue weighted by Crippen LogP contribution is -2.18. The van der Waals surface area contributed by atoms with Crippen LogP contribution in [0.15, 0.2) is 169 Å².